The van der Waals surface area contributed by atoms with Crippen LogP contribution in [0.15, 0.2) is 17.5 Å². The van der Waals surface area contributed by atoms with Crippen LogP contribution in [0.5, 0.6) is 0 Å². The van der Waals surface area contributed by atoms with Gasteiger partial charge in [-0.25, -0.2) is 0 Å². The minimum Gasteiger partial charge on any atom is -0.348 e. The molecule has 2 atom stereocenters. The molecule has 0 aliphatic carbocycles. The molecule has 2 unspecified atom stereocenters. The molecule has 0 saturated heterocycles. The van der Waals surface area contributed by atoms with E-state index in [9.17, 15) is 4.79 Å². The second-order valence-corrected chi connectivity index (χ2v) is 5.17. The summed E-state index contributed by atoms with van der Waals surface area (Å²) < 4.78 is 0. The number of rotatable bonds is 7. The van der Waals surface area contributed by atoms with Crippen molar-refractivity contribution in [3.05, 3.63) is 22.4 Å². The van der Waals surface area contributed by atoms with Gasteiger partial charge in [-0.15, -0.1) is 11.3 Å². The molecule has 0 aromatic carbocycles. The summed E-state index contributed by atoms with van der Waals surface area (Å²) in [6.07, 6.45) is 0.931. The van der Waals surface area contributed by atoms with E-state index in [0.717, 1.165) is 19.5 Å². The lowest BCUT2D eigenvalue weighted by molar-refractivity contribution is -0.125. The molecular formula is C13H22N2OS. The molecular weight excluding hydrogens is 232 g/mol. The van der Waals surface area contributed by atoms with E-state index in [4.69, 9.17) is 0 Å². The van der Waals surface area contributed by atoms with Crippen LogP contribution in [-0.2, 0) is 4.79 Å². The van der Waals surface area contributed by atoms with E-state index < -0.39 is 0 Å². The van der Waals surface area contributed by atoms with Gasteiger partial charge in [0.15, 0.2) is 0 Å². The van der Waals surface area contributed by atoms with Crippen molar-refractivity contribution in [3.63, 3.8) is 0 Å². The zero-order chi connectivity index (χ0) is 12.7. The standard InChI is InChI=1S/C13H22N2OS/c1-4-11(12-7-6-8-17-12)15-13(16)10(3)9-14-5-2/h6-8,10-11,14H,4-5,9H2,1-3H3,(H,15,16). The van der Waals surface area contributed by atoms with Gasteiger partial charge in [0.1, 0.15) is 0 Å². The molecule has 4 heteroatoms. The number of nitrogens with one attached hydrogen (secondary N) is 2. The van der Waals surface area contributed by atoms with Gasteiger partial charge in [0, 0.05) is 17.3 Å². The van der Waals surface area contributed by atoms with E-state index in [1.54, 1.807) is 11.3 Å². The van der Waals surface area contributed by atoms with Crippen LogP contribution in [0.3, 0.4) is 0 Å². The molecule has 0 fully saturated rings. The van der Waals surface area contributed by atoms with Crippen molar-refractivity contribution in [1.82, 2.24) is 10.6 Å². The molecule has 0 aliphatic rings. The Morgan fingerprint density at radius 3 is 2.76 bits per heavy atom. The van der Waals surface area contributed by atoms with Gasteiger partial charge in [-0.05, 0) is 24.4 Å². The van der Waals surface area contributed by atoms with Gasteiger partial charge in [-0.1, -0.05) is 26.8 Å². The SMILES string of the molecule is CCNCC(C)C(=O)NC(CC)c1cccs1. The van der Waals surface area contributed by atoms with Gasteiger partial charge in [0.25, 0.3) is 0 Å². The van der Waals surface area contributed by atoms with Gasteiger partial charge in [0.05, 0.1) is 6.04 Å². The van der Waals surface area contributed by atoms with Crippen molar-refractivity contribution in [2.45, 2.75) is 33.2 Å². The summed E-state index contributed by atoms with van der Waals surface area (Å²) in [4.78, 5) is 13.2. The van der Waals surface area contributed by atoms with Gasteiger partial charge in [-0.2, -0.15) is 0 Å². The van der Waals surface area contributed by atoms with Crippen molar-refractivity contribution >= 4 is 17.2 Å². The number of amides is 1. The molecule has 0 spiro atoms. The van der Waals surface area contributed by atoms with Crippen LogP contribution in [0.4, 0.5) is 0 Å². The number of hydrogen-bond acceptors (Lipinski definition) is 3. The first-order valence-corrected chi connectivity index (χ1v) is 7.11. The monoisotopic (exact) mass is 254 g/mol. The second-order valence-electron chi connectivity index (χ2n) is 4.19. The average molecular weight is 254 g/mol. The topological polar surface area (TPSA) is 41.1 Å². The summed E-state index contributed by atoms with van der Waals surface area (Å²) in [6, 6.07) is 4.26. The lowest BCUT2D eigenvalue weighted by Gasteiger charge is -2.19. The smallest absolute Gasteiger partial charge is 0.224 e. The van der Waals surface area contributed by atoms with Crippen molar-refractivity contribution in [2.24, 2.45) is 5.92 Å². The first kappa shape index (κ1) is 14.2. The number of carbonyl (C=O) groups is 1. The molecule has 3 nitrogen and oxygen atoms in total. The van der Waals surface area contributed by atoms with Crippen LogP contribution >= 0.6 is 11.3 Å². The van der Waals surface area contributed by atoms with Crippen LogP contribution in [0, 0.1) is 5.92 Å². The van der Waals surface area contributed by atoms with E-state index in [0.29, 0.717) is 0 Å². The summed E-state index contributed by atoms with van der Waals surface area (Å²) in [6.45, 7) is 7.74. The molecule has 0 bridgehead atoms. The van der Waals surface area contributed by atoms with Crippen LogP contribution in [-0.4, -0.2) is 19.0 Å². The van der Waals surface area contributed by atoms with E-state index >= 15 is 0 Å². The van der Waals surface area contributed by atoms with E-state index in [1.807, 2.05) is 25.3 Å². The summed E-state index contributed by atoms with van der Waals surface area (Å²) >= 11 is 1.70. The van der Waals surface area contributed by atoms with E-state index in [2.05, 4.69) is 23.6 Å². The first-order valence-electron chi connectivity index (χ1n) is 6.23. The minimum atomic E-state index is 0.0176. The Balaban J connectivity index is 2.48. The molecule has 1 aromatic rings. The van der Waals surface area contributed by atoms with Crippen molar-refractivity contribution < 1.29 is 4.79 Å². The molecule has 96 valence electrons. The molecule has 1 amide bonds. The number of carbonyl (C=O) groups excluding carboxylic acids is 1. The Morgan fingerprint density at radius 2 is 2.24 bits per heavy atom. The maximum Gasteiger partial charge on any atom is 0.224 e. The van der Waals surface area contributed by atoms with Crippen LogP contribution in [0.25, 0.3) is 0 Å². The van der Waals surface area contributed by atoms with Gasteiger partial charge in [-0.3, -0.25) is 4.79 Å². The molecule has 0 aliphatic heterocycles. The predicted molar refractivity (Wildman–Crippen MR) is 73.2 cm³/mol. The Morgan fingerprint density at radius 1 is 1.47 bits per heavy atom. The predicted octanol–water partition coefficient (Wildman–Crippen LogP) is 2.56. The van der Waals surface area contributed by atoms with Gasteiger partial charge in [0.2, 0.25) is 5.91 Å². The van der Waals surface area contributed by atoms with Crippen molar-refractivity contribution in [2.75, 3.05) is 13.1 Å². The molecule has 1 rings (SSSR count). The first-order chi connectivity index (χ1) is 8.19. The third-order valence-corrected chi connectivity index (χ3v) is 3.75. The van der Waals surface area contributed by atoms with Crippen molar-refractivity contribution in [3.8, 4) is 0 Å². The summed E-state index contributed by atoms with van der Waals surface area (Å²) in [5.41, 5.74) is 0. The molecule has 2 N–H and O–H groups in total. The molecule has 17 heavy (non-hydrogen) atoms. The highest BCUT2D eigenvalue weighted by Gasteiger charge is 2.17. The Labute approximate surface area is 108 Å². The highest BCUT2D eigenvalue weighted by atomic mass is 32.1. The van der Waals surface area contributed by atoms with Crippen LogP contribution < -0.4 is 10.6 Å². The molecule has 0 radical (unpaired) electrons. The molecule has 0 saturated carbocycles. The maximum atomic E-state index is 12.0. The largest absolute Gasteiger partial charge is 0.348 e. The fraction of sp³-hybridized carbons (Fsp3) is 0.615. The summed E-state index contributed by atoms with van der Waals surface area (Å²) in [5.74, 6) is 0.148. The lowest BCUT2D eigenvalue weighted by Crippen LogP contribution is -2.37. The fourth-order valence-corrected chi connectivity index (χ4v) is 2.49. The zero-order valence-electron chi connectivity index (χ0n) is 10.8. The third kappa shape index (κ3) is 4.48. The Hall–Kier alpha value is -0.870. The quantitative estimate of drug-likeness (QED) is 0.785. The minimum absolute atomic E-state index is 0.0176. The third-order valence-electron chi connectivity index (χ3n) is 2.76. The molecule has 1 heterocycles. The second kappa shape index (κ2) is 7.45. The maximum absolute atomic E-state index is 12.0. The molecule has 1 aromatic heterocycles. The Kier molecular flexibility index (Phi) is 6.22. The highest BCUT2D eigenvalue weighted by Crippen LogP contribution is 2.21. The summed E-state index contributed by atoms with van der Waals surface area (Å²) in [5, 5.41) is 8.35. The average Bonchev–Trinajstić information content (AvgIpc) is 2.86. The normalized spacial score (nSPS) is 14.3. The van der Waals surface area contributed by atoms with Gasteiger partial charge >= 0.3 is 0 Å². The highest BCUT2D eigenvalue weighted by molar-refractivity contribution is 7.10. The van der Waals surface area contributed by atoms with Crippen LogP contribution in [0.1, 0.15) is 38.1 Å². The van der Waals surface area contributed by atoms with Crippen molar-refractivity contribution in [1.29, 1.82) is 0 Å². The summed E-state index contributed by atoms with van der Waals surface area (Å²) in [7, 11) is 0. The number of thiophene rings is 1. The van der Waals surface area contributed by atoms with E-state index in [1.165, 1.54) is 4.88 Å². The van der Waals surface area contributed by atoms with Gasteiger partial charge < -0.3 is 10.6 Å². The fourth-order valence-electron chi connectivity index (χ4n) is 1.63. The lowest BCUT2D eigenvalue weighted by atomic mass is 10.1. The number of hydrogen-bond donors (Lipinski definition) is 2. The van der Waals surface area contributed by atoms with Crippen LogP contribution in [0.2, 0.25) is 0 Å². The van der Waals surface area contributed by atoms with E-state index in [-0.39, 0.29) is 17.9 Å². The zero-order valence-corrected chi connectivity index (χ0v) is 11.6. The Bertz CT molecular complexity index is 324.